The predicted molar refractivity (Wildman–Crippen MR) is 121 cm³/mol. The van der Waals surface area contributed by atoms with Gasteiger partial charge in [0.25, 0.3) is 0 Å². The summed E-state index contributed by atoms with van der Waals surface area (Å²) in [5.41, 5.74) is 18.0. The van der Waals surface area contributed by atoms with Crippen molar-refractivity contribution < 1.29 is 4.48 Å². The highest BCUT2D eigenvalue weighted by atomic mass is 15.3. The molecule has 0 unspecified atom stereocenters. The van der Waals surface area contributed by atoms with Crippen LogP contribution in [0.2, 0.25) is 0 Å². The van der Waals surface area contributed by atoms with Gasteiger partial charge < -0.3 is 34.0 Å². The van der Waals surface area contributed by atoms with E-state index in [4.69, 9.17) is 11.5 Å². The third kappa shape index (κ3) is 6.68. The van der Waals surface area contributed by atoms with E-state index >= 15 is 0 Å². The topological polar surface area (TPSA) is 76.1 Å². The Balaban J connectivity index is 0.00000364. The van der Waals surface area contributed by atoms with Crippen molar-refractivity contribution in [3.05, 3.63) is 55.0 Å². The monoisotopic (exact) mass is 371 g/mol. The highest BCUT2D eigenvalue weighted by Crippen LogP contribution is 2.17. The van der Waals surface area contributed by atoms with Crippen molar-refractivity contribution in [2.24, 2.45) is 0 Å². The summed E-state index contributed by atoms with van der Waals surface area (Å²) < 4.78 is 1.02. The zero-order valence-corrected chi connectivity index (χ0v) is 17.6. The van der Waals surface area contributed by atoms with Gasteiger partial charge in [-0.25, -0.2) is 0 Å². The molecule has 0 aromatic heterocycles. The quantitative estimate of drug-likeness (QED) is 0.306. The molecule has 150 valence electrons. The average molecular weight is 372 g/mol. The van der Waals surface area contributed by atoms with Crippen molar-refractivity contribution in [2.45, 2.75) is 20.8 Å². The van der Waals surface area contributed by atoms with Crippen LogP contribution >= 0.6 is 0 Å². The van der Waals surface area contributed by atoms with E-state index < -0.39 is 0 Å². The van der Waals surface area contributed by atoms with Crippen LogP contribution in [-0.4, -0.2) is 44.3 Å². The number of hydrogen-bond donors (Lipinski definition) is 4. The number of rotatable bonds is 9. The van der Waals surface area contributed by atoms with Crippen LogP contribution in [0, 0.1) is 21.3 Å². The molecule has 0 saturated heterocycles. The van der Waals surface area contributed by atoms with Crippen LogP contribution in [0.15, 0.2) is 36.4 Å². The first-order valence-corrected chi connectivity index (χ1v) is 9.36. The summed E-state index contributed by atoms with van der Waals surface area (Å²) in [4.78, 5) is 0. The third-order valence-corrected chi connectivity index (χ3v) is 5.26. The van der Waals surface area contributed by atoms with Gasteiger partial charge in [0.1, 0.15) is 0 Å². The lowest BCUT2D eigenvalue weighted by Gasteiger charge is -2.34. The van der Waals surface area contributed by atoms with Crippen molar-refractivity contribution in [3.8, 4) is 0 Å². The van der Waals surface area contributed by atoms with Gasteiger partial charge >= 0.3 is 0 Å². The molecule has 6 N–H and O–H groups in total. The van der Waals surface area contributed by atoms with Gasteiger partial charge in [-0.3, -0.25) is 0 Å². The van der Waals surface area contributed by atoms with Crippen LogP contribution in [0.4, 0.5) is 22.7 Å². The fraction of sp³-hybridized carbons (Fsp3) is 0.409. The molecular weight excluding hydrogens is 334 g/mol. The molecule has 2 aromatic carbocycles. The minimum atomic E-state index is 0. The van der Waals surface area contributed by atoms with Crippen molar-refractivity contribution in [1.29, 1.82) is 0 Å². The average Bonchev–Trinajstić information content (AvgIpc) is 2.61. The van der Waals surface area contributed by atoms with E-state index in [1.165, 1.54) is 0 Å². The van der Waals surface area contributed by atoms with Crippen molar-refractivity contribution in [3.63, 3.8) is 0 Å². The maximum atomic E-state index is 5.88. The molecule has 2 aromatic rings. The van der Waals surface area contributed by atoms with Crippen LogP contribution in [0.25, 0.3) is 0 Å². The molecule has 0 atom stereocenters. The van der Waals surface area contributed by atoms with Gasteiger partial charge in [-0.2, -0.15) is 0 Å². The summed E-state index contributed by atoms with van der Waals surface area (Å²) in [7, 11) is 2.31. The fourth-order valence-electron chi connectivity index (χ4n) is 2.94. The molecule has 5 nitrogen and oxygen atoms in total. The predicted octanol–water partition coefficient (Wildman–Crippen LogP) is 3.91. The first-order chi connectivity index (χ1) is 12.3. The van der Waals surface area contributed by atoms with E-state index in [0.717, 1.165) is 71.1 Å². The zero-order valence-electron chi connectivity index (χ0n) is 17.6. The number of aryl methyl sites for hydroxylation is 2. The Kier molecular flexibility index (Phi) is 8.44. The van der Waals surface area contributed by atoms with E-state index in [9.17, 15) is 0 Å². The molecule has 0 fully saturated rings. The number of hydrogen-bond acceptors (Lipinski definition) is 4. The Morgan fingerprint density at radius 3 is 1.56 bits per heavy atom. The molecule has 0 spiro atoms. The number of nitrogens with one attached hydrogen (secondary N) is 2. The van der Waals surface area contributed by atoms with Gasteiger partial charge in [-0.1, -0.05) is 0 Å². The van der Waals surface area contributed by atoms with Crippen LogP contribution in [0.3, 0.4) is 0 Å². The van der Waals surface area contributed by atoms with E-state index in [2.05, 4.69) is 36.7 Å². The molecule has 0 radical (unpaired) electrons. The van der Waals surface area contributed by atoms with Crippen molar-refractivity contribution in [2.75, 3.05) is 61.9 Å². The molecule has 27 heavy (non-hydrogen) atoms. The standard InChI is InChI=1S/C21H34N5.CH3/c1-5-26(4,12-10-24-18-6-8-20(22)16(2)14-18)13-11-25-19-7-9-21(23)17(3)15-19;/h6-9,14-15,24-25H,5,10-13,22-23H2,1-4H3;1H3/q+1;-1. The first-order valence-electron chi connectivity index (χ1n) is 9.36. The Bertz CT molecular complexity index is 669. The Morgan fingerprint density at radius 1 is 0.815 bits per heavy atom. The van der Waals surface area contributed by atoms with E-state index in [1.807, 2.05) is 38.1 Å². The fourth-order valence-corrected chi connectivity index (χ4v) is 2.94. The highest BCUT2D eigenvalue weighted by molar-refractivity contribution is 5.57. The summed E-state index contributed by atoms with van der Waals surface area (Å²) in [5.74, 6) is 0. The van der Waals surface area contributed by atoms with E-state index in [0.29, 0.717) is 0 Å². The van der Waals surface area contributed by atoms with Crippen LogP contribution in [0.5, 0.6) is 0 Å². The minimum Gasteiger partial charge on any atom is -0.399 e. The summed E-state index contributed by atoms with van der Waals surface area (Å²) >= 11 is 0. The van der Waals surface area contributed by atoms with Crippen LogP contribution in [-0.2, 0) is 0 Å². The third-order valence-electron chi connectivity index (χ3n) is 5.26. The SMILES string of the molecule is CC[N+](C)(CCNc1ccc(N)c(C)c1)CCNc1ccc(N)c(C)c1.[CH3-]. The molecular formula is C22H37N5. The number of anilines is 4. The van der Waals surface area contributed by atoms with Gasteiger partial charge in [-0.05, 0) is 68.3 Å². The normalized spacial score (nSPS) is 11.0. The number of benzene rings is 2. The molecule has 0 aliphatic heterocycles. The highest BCUT2D eigenvalue weighted by Gasteiger charge is 2.18. The second-order valence-electron chi connectivity index (χ2n) is 7.38. The summed E-state index contributed by atoms with van der Waals surface area (Å²) in [6.45, 7) is 11.5. The van der Waals surface area contributed by atoms with Crippen LogP contribution < -0.4 is 22.1 Å². The Hall–Kier alpha value is -2.40. The Labute approximate surface area is 165 Å². The Morgan fingerprint density at radius 2 is 1.22 bits per heavy atom. The largest absolute Gasteiger partial charge is 0.399 e. The van der Waals surface area contributed by atoms with Crippen molar-refractivity contribution in [1.82, 2.24) is 0 Å². The van der Waals surface area contributed by atoms with Gasteiger partial charge in [0.2, 0.25) is 0 Å². The molecule has 0 saturated carbocycles. The molecule has 0 aliphatic carbocycles. The number of nitrogen functional groups attached to an aromatic ring is 2. The summed E-state index contributed by atoms with van der Waals surface area (Å²) in [6.07, 6.45) is 0. The summed E-state index contributed by atoms with van der Waals surface area (Å²) in [5, 5.41) is 7.04. The van der Waals surface area contributed by atoms with E-state index in [1.54, 1.807) is 0 Å². The maximum absolute atomic E-state index is 5.88. The minimum absolute atomic E-state index is 0. The number of quaternary nitrogens is 1. The molecule has 0 amide bonds. The van der Waals surface area contributed by atoms with Gasteiger partial charge in [0.15, 0.2) is 0 Å². The van der Waals surface area contributed by atoms with Crippen LogP contribution in [0.1, 0.15) is 18.1 Å². The van der Waals surface area contributed by atoms with Crippen molar-refractivity contribution >= 4 is 22.7 Å². The molecule has 2 rings (SSSR count). The lowest BCUT2D eigenvalue weighted by Crippen LogP contribution is -2.49. The molecule has 0 heterocycles. The molecule has 5 heteroatoms. The second kappa shape index (κ2) is 10.1. The number of nitrogens with zero attached hydrogens (tertiary/aromatic N) is 1. The molecule has 0 bridgehead atoms. The lowest BCUT2D eigenvalue weighted by atomic mass is 10.2. The lowest BCUT2D eigenvalue weighted by molar-refractivity contribution is -0.904. The number of nitrogens with two attached hydrogens (primary N) is 2. The smallest absolute Gasteiger partial charge is 0.0960 e. The first kappa shape index (κ1) is 22.6. The summed E-state index contributed by atoms with van der Waals surface area (Å²) in [6, 6.07) is 12.2. The molecule has 0 aliphatic rings. The maximum Gasteiger partial charge on any atom is 0.0960 e. The van der Waals surface area contributed by atoms with Gasteiger partial charge in [-0.15, -0.1) is 0 Å². The van der Waals surface area contributed by atoms with Gasteiger partial charge in [0, 0.05) is 22.7 Å². The van der Waals surface area contributed by atoms with Gasteiger partial charge in [0.05, 0.1) is 39.8 Å². The van der Waals surface area contributed by atoms with E-state index in [-0.39, 0.29) is 7.43 Å². The second-order valence-corrected chi connectivity index (χ2v) is 7.38. The number of likely N-dealkylation sites (N-methyl/N-ethyl adjacent to an activating group) is 1. The zero-order chi connectivity index (χ0) is 19.2.